The van der Waals surface area contributed by atoms with Crippen molar-refractivity contribution in [2.75, 3.05) is 6.54 Å². The summed E-state index contributed by atoms with van der Waals surface area (Å²) in [7, 11) is 0. The Labute approximate surface area is 123 Å². The van der Waals surface area contributed by atoms with Crippen molar-refractivity contribution in [3.8, 4) is 11.5 Å². The molecule has 1 N–H and O–H groups in total. The molecule has 0 bridgehead atoms. The first-order chi connectivity index (χ1) is 10.1. The van der Waals surface area contributed by atoms with Gasteiger partial charge in [0.25, 0.3) is 0 Å². The van der Waals surface area contributed by atoms with E-state index in [1.165, 1.54) is 6.07 Å². The Morgan fingerprint density at radius 3 is 2.43 bits per heavy atom. The molecule has 0 spiro atoms. The molecule has 5 heteroatoms. The average Bonchev–Trinajstić information content (AvgIpc) is 2.49. The minimum Gasteiger partial charge on any atom is -0.456 e. The molecule has 0 aliphatic carbocycles. The van der Waals surface area contributed by atoms with Crippen molar-refractivity contribution in [3.05, 3.63) is 53.9 Å². The number of pyridine rings is 1. The number of rotatable bonds is 6. The predicted octanol–water partition coefficient (Wildman–Crippen LogP) is 4.21. The topological polar surface area (TPSA) is 34.1 Å². The second-order valence-electron chi connectivity index (χ2n) is 4.62. The summed E-state index contributed by atoms with van der Waals surface area (Å²) in [6.07, 6.45) is 2.51. The highest BCUT2D eigenvalue weighted by atomic mass is 19.2. The Hall–Kier alpha value is -2.01. The number of hydrogen-bond acceptors (Lipinski definition) is 3. The number of aromatic nitrogens is 1. The van der Waals surface area contributed by atoms with Crippen LogP contribution >= 0.6 is 0 Å². The van der Waals surface area contributed by atoms with Gasteiger partial charge in [0.2, 0.25) is 0 Å². The number of hydrogen-bond donors (Lipinski definition) is 1. The molecule has 0 fully saturated rings. The van der Waals surface area contributed by atoms with Gasteiger partial charge in [0.05, 0.1) is 11.9 Å². The zero-order valence-corrected chi connectivity index (χ0v) is 12.1. The highest BCUT2D eigenvalue weighted by molar-refractivity contribution is 5.31. The molecule has 0 aliphatic heterocycles. The van der Waals surface area contributed by atoms with Crippen molar-refractivity contribution in [1.82, 2.24) is 10.3 Å². The quantitative estimate of drug-likeness (QED) is 0.866. The molecule has 0 saturated heterocycles. The van der Waals surface area contributed by atoms with E-state index in [0.717, 1.165) is 30.8 Å². The van der Waals surface area contributed by atoms with Gasteiger partial charge in [-0.05, 0) is 37.2 Å². The Morgan fingerprint density at radius 2 is 1.86 bits per heavy atom. The molecule has 0 saturated carbocycles. The molecule has 21 heavy (non-hydrogen) atoms. The van der Waals surface area contributed by atoms with E-state index in [1.54, 1.807) is 12.3 Å². The van der Waals surface area contributed by atoms with E-state index in [4.69, 9.17) is 4.74 Å². The Bertz CT molecular complexity index is 587. The van der Waals surface area contributed by atoms with Gasteiger partial charge in [0.1, 0.15) is 11.5 Å². The summed E-state index contributed by atoms with van der Waals surface area (Å²) in [6, 6.07) is 7.25. The maximum atomic E-state index is 13.1. The van der Waals surface area contributed by atoms with Crippen molar-refractivity contribution in [1.29, 1.82) is 0 Å². The van der Waals surface area contributed by atoms with Gasteiger partial charge in [-0.15, -0.1) is 0 Å². The molecule has 1 unspecified atom stereocenters. The number of nitrogens with zero attached hydrogens (tertiary/aromatic N) is 1. The Kier molecular flexibility index (Phi) is 5.22. The molecular weight excluding hydrogens is 274 g/mol. The lowest BCUT2D eigenvalue weighted by molar-refractivity contribution is 0.458. The first-order valence-corrected chi connectivity index (χ1v) is 6.96. The van der Waals surface area contributed by atoms with Gasteiger partial charge >= 0.3 is 0 Å². The lowest BCUT2D eigenvalue weighted by Gasteiger charge is -2.15. The van der Waals surface area contributed by atoms with Crippen LogP contribution in [-0.4, -0.2) is 11.5 Å². The third-order valence-electron chi connectivity index (χ3n) is 3.10. The number of halogens is 2. The molecule has 1 atom stereocenters. The largest absolute Gasteiger partial charge is 0.456 e. The van der Waals surface area contributed by atoms with Crippen LogP contribution in [0.25, 0.3) is 0 Å². The maximum Gasteiger partial charge on any atom is 0.162 e. The van der Waals surface area contributed by atoms with E-state index in [2.05, 4.69) is 17.2 Å². The highest BCUT2D eigenvalue weighted by Crippen LogP contribution is 2.24. The molecule has 2 rings (SSSR count). The third-order valence-corrected chi connectivity index (χ3v) is 3.10. The van der Waals surface area contributed by atoms with Crippen molar-refractivity contribution in [2.24, 2.45) is 0 Å². The zero-order chi connectivity index (χ0) is 15.2. The maximum absolute atomic E-state index is 13.1. The molecule has 0 amide bonds. The first-order valence-electron chi connectivity index (χ1n) is 6.96. The van der Waals surface area contributed by atoms with Crippen LogP contribution < -0.4 is 10.1 Å². The van der Waals surface area contributed by atoms with Gasteiger partial charge < -0.3 is 10.1 Å². The normalized spacial score (nSPS) is 12.2. The molecule has 2 aromatic rings. The lowest BCUT2D eigenvalue weighted by Crippen LogP contribution is -2.20. The summed E-state index contributed by atoms with van der Waals surface area (Å²) < 4.78 is 31.4. The number of nitrogens with one attached hydrogen (secondary N) is 1. The lowest BCUT2D eigenvalue weighted by atomic mass is 10.1. The van der Waals surface area contributed by atoms with Crippen LogP contribution in [0.5, 0.6) is 11.5 Å². The van der Waals surface area contributed by atoms with Crippen molar-refractivity contribution >= 4 is 0 Å². The van der Waals surface area contributed by atoms with Crippen LogP contribution in [0, 0.1) is 11.6 Å². The summed E-state index contributed by atoms with van der Waals surface area (Å²) in [5.74, 6) is -1.11. The zero-order valence-electron chi connectivity index (χ0n) is 12.1. The fourth-order valence-corrected chi connectivity index (χ4v) is 2.04. The van der Waals surface area contributed by atoms with E-state index < -0.39 is 11.6 Å². The molecule has 1 heterocycles. The minimum absolute atomic E-state index is 0.201. The van der Waals surface area contributed by atoms with E-state index >= 15 is 0 Å². The van der Waals surface area contributed by atoms with Crippen LogP contribution in [0.2, 0.25) is 0 Å². The summed E-state index contributed by atoms with van der Waals surface area (Å²) in [5.41, 5.74) is 0.928. The molecule has 1 aromatic heterocycles. The SMILES string of the molecule is CCNC(CC)c1ccc(Oc2ccc(F)c(F)c2)cn1. The minimum atomic E-state index is -0.935. The molecule has 112 valence electrons. The van der Waals surface area contributed by atoms with Crippen molar-refractivity contribution < 1.29 is 13.5 Å². The van der Waals surface area contributed by atoms with Crippen LogP contribution in [0.15, 0.2) is 36.5 Å². The van der Waals surface area contributed by atoms with Gasteiger partial charge in [0.15, 0.2) is 11.6 Å². The van der Waals surface area contributed by atoms with Crippen LogP contribution in [-0.2, 0) is 0 Å². The summed E-state index contributed by atoms with van der Waals surface area (Å²) in [5, 5.41) is 3.34. The molecule has 0 radical (unpaired) electrons. The first kappa shape index (κ1) is 15.4. The second-order valence-corrected chi connectivity index (χ2v) is 4.62. The van der Waals surface area contributed by atoms with Crippen LogP contribution in [0.4, 0.5) is 8.78 Å². The highest BCUT2D eigenvalue weighted by Gasteiger charge is 2.10. The van der Waals surface area contributed by atoms with Gasteiger partial charge in [0, 0.05) is 12.1 Å². The molecule has 0 aliphatic rings. The molecular formula is C16H18F2N2O. The average molecular weight is 292 g/mol. The van der Waals surface area contributed by atoms with Crippen molar-refractivity contribution in [3.63, 3.8) is 0 Å². The van der Waals surface area contributed by atoms with E-state index in [1.807, 2.05) is 13.0 Å². The summed E-state index contributed by atoms with van der Waals surface area (Å²) >= 11 is 0. The van der Waals surface area contributed by atoms with E-state index in [0.29, 0.717) is 5.75 Å². The van der Waals surface area contributed by atoms with Crippen LogP contribution in [0.1, 0.15) is 32.0 Å². The van der Waals surface area contributed by atoms with Gasteiger partial charge in [-0.1, -0.05) is 13.8 Å². The summed E-state index contributed by atoms with van der Waals surface area (Å²) in [4.78, 5) is 4.35. The second kappa shape index (κ2) is 7.13. The predicted molar refractivity (Wildman–Crippen MR) is 77.4 cm³/mol. The number of benzene rings is 1. The van der Waals surface area contributed by atoms with E-state index in [-0.39, 0.29) is 11.8 Å². The molecule has 3 nitrogen and oxygen atoms in total. The van der Waals surface area contributed by atoms with Gasteiger partial charge in [-0.2, -0.15) is 0 Å². The Balaban J connectivity index is 2.09. The van der Waals surface area contributed by atoms with Gasteiger partial charge in [-0.25, -0.2) is 8.78 Å². The third kappa shape index (κ3) is 3.98. The van der Waals surface area contributed by atoms with Gasteiger partial charge in [-0.3, -0.25) is 4.98 Å². The molecule has 1 aromatic carbocycles. The smallest absolute Gasteiger partial charge is 0.162 e. The van der Waals surface area contributed by atoms with Crippen LogP contribution in [0.3, 0.4) is 0 Å². The number of ether oxygens (including phenoxy) is 1. The Morgan fingerprint density at radius 1 is 1.10 bits per heavy atom. The standard InChI is InChI=1S/C16H18F2N2O/c1-3-15(19-4-2)16-8-6-12(10-20-16)21-11-5-7-13(17)14(18)9-11/h5-10,15,19H,3-4H2,1-2H3. The monoisotopic (exact) mass is 292 g/mol. The van der Waals surface area contributed by atoms with Crippen molar-refractivity contribution in [2.45, 2.75) is 26.3 Å². The fraction of sp³-hybridized carbons (Fsp3) is 0.312. The fourth-order valence-electron chi connectivity index (χ4n) is 2.04. The summed E-state index contributed by atoms with van der Waals surface area (Å²) in [6.45, 7) is 5.00. The van der Waals surface area contributed by atoms with E-state index in [9.17, 15) is 8.78 Å².